The number of phenols is 2. The van der Waals surface area contributed by atoms with Gasteiger partial charge in [0.15, 0.2) is 23.0 Å². The number of carbonyl (C=O) groups excluding carboxylic acids is 1. The van der Waals surface area contributed by atoms with Crippen molar-refractivity contribution >= 4 is 11.9 Å². The van der Waals surface area contributed by atoms with Crippen molar-refractivity contribution in [1.29, 1.82) is 0 Å². The van der Waals surface area contributed by atoms with E-state index in [1.165, 1.54) is 36.3 Å². The van der Waals surface area contributed by atoms with Crippen molar-refractivity contribution in [2.75, 3.05) is 13.7 Å². The number of nitrogens with two attached hydrogens (primary N) is 1. The summed E-state index contributed by atoms with van der Waals surface area (Å²) in [6, 6.07) is 4.21. The van der Waals surface area contributed by atoms with E-state index in [-0.39, 0.29) is 30.0 Å². The first-order chi connectivity index (χ1) is 11.9. The van der Waals surface area contributed by atoms with Crippen molar-refractivity contribution in [2.24, 2.45) is 16.6 Å². The van der Waals surface area contributed by atoms with E-state index in [1.807, 2.05) is 0 Å². The van der Waals surface area contributed by atoms with E-state index >= 15 is 0 Å². The van der Waals surface area contributed by atoms with Crippen molar-refractivity contribution in [2.45, 2.75) is 44.1 Å². The summed E-state index contributed by atoms with van der Waals surface area (Å²) in [5.74, 6) is 0.364. The number of likely N-dealkylation sites (N-methyl/N-ethyl adjacent to an activating group) is 1. The third kappa shape index (κ3) is 3.50. The molecule has 136 valence electrons. The highest BCUT2D eigenvalue weighted by molar-refractivity contribution is 6.06. The van der Waals surface area contributed by atoms with Gasteiger partial charge in [-0.2, -0.15) is 0 Å². The molecule has 1 aromatic carbocycles. The molecule has 25 heavy (non-hydrogen) atoms. The number of ether oxygens (including phenoxy) is 1. The van der Waals surface area contributed by atoms with Crippen LogP contribution in [0, 0.1) is 5.92 Å². The summed E-state index contributed by atoms with van der Waals surface area (Å²) in [5, 5.41) is 19.0. The molecule has 1 aromatic rings. The van der Waals surface area contributed by atoms with Gasteiger partial charge >= 0.3 is 0 Å². The van der Waals surface area contributed by atoms with Gasteiger partial charge < -0.3 is 20.7 Å². The highest BCUT2D eigenvalue weighted by Crippen LogP contribution is 2.36. The second-order valence-corrected chi connectivity index (χ2v) is 7.01. The van der Waals surface area contributed by atoms with Gasteiger partial charge in [0.05, 0.1) is 0 Å². The summed E-state index contributed by atoms with van der Waals surface area (Å²) in [5.41, 5.74) is 4.87. The van der Waals surface area contributed by atoms with Crippen LogP contribution in [0.2, 0.25) is 0 Å². The highest BCUT2D eigenvalue weighted by atomic mass is 16.5. The highest BCUT2D eigenvalue weighted by Gasteiger charge is 2.48. The predicted octanol–water partition coefficient (Wildman–Crippen LogP) is 1.97. The molecule has 0 spiro atoms. The maximum atomic E-state index is 12.8. The molecule has 2 aliphatic rings. The molecule has 1 amide bonds. The first-order valence-corrected chi connectivity index (χ1v) is 8.69. The molecule has 0 saturated heterocycles. The van der Waals surface area contributed by atoms with Crippen LogP contribution in [0.25, 0.3) is 0 Å². The molecule has 1 aliphatic carbocycles. The molecule has 1 fully saturated rings. The van der Waals surface area contributed by atoms with E-state index in [0.29, 0.717) is 18.1 Å². The van der Waals surface area contributed by atoms with Crippen LogP contribution in [0.5, 0.6) is 17.2 Å². The molecule has 0 aromatic heterocycles. The number of hydrogen-bond donors (Lipinski definition) is 3. The lowest BCUT2D eigenvalue weighted by atomic mass is 9.79. The fraction of sp³-hybridized carbons (Fsp3) is 0.556. The Kier molecular flexibility index (Phi) is 4.74. The van der Waals surface area contributed by atoms with E-state index in [1.54, 1.807) is 13.1 Å². The quantitative estimate of drug-likeness (QED) is 0.706. The zero-order chi connectivity index (χ0) is 18.0. The molecule has 1 saturated carbocycles. The molecule has 1 atom stereocenters. The van der Waals surface area contributed by atoms with Crippen LogP contribution < -0.4 is 10.5 Å². The van der Waals surface area contributed by atoms with Crippen molar-refractivity contribution in [3.05, 3.63) is 18.2 Å². The largest absolute Gasteiger partial charge is 0.504 e. The normalized spacial score (nSPS) is 24.4. The van der Waals surface area contributed by atoms with Crippen molar-refractivity contribution < 1.29 is 19.7 Å². The Morgan fingerprint density at radius 1 is 1.28 bits per heavy atom. The number of aromatic hydroxyl groups is 2. The zero-order valence-corrected chi connectivity index (χ0v) is 14.4. The lowest BCUT2D eigenvalue weighted by Gasteiger charge is -2.31. The molecular formula is C18H25N3O4. The lowest BCUT2D eigenvalue weighted by molar-refractivity contribution is -0.132. The minimum atomic E-state index is -1.02. The SMILES string of the molecule is CN1C(=O)C(COc2ccc(O)c(O)c2)(CC2CCCCC2)N=C1N. The standard InChI is InChI=1S/C18H25N3O4/c1-21-16(24)18(20-17(21)19,10-12-5-3-2-4-6-12)11-25-13-7-8-14(22)15(23)9-13/h7-9,12,22-23H,2-6,10-11H2,1H3,(H2,19,20). The minimum absolute atomic E-state index is 0.0532. The smallest absolute Gasteiger partial charge is 0.260 e. The van der Waals surface area contributed by atoms with Gasteiger partial charge in [-0.25, -0.2) is 4.99 Å². The molecule has 7 nitrogen and oxygen atoms in total. The maximum absolute atomic E-state index is 12.8. The molecule has 4 N–H and O–H groups in total. The van der Waals surface area contributed by atoms with Gasteiger partial charge in [0.25, 0.3) is 5.91 Å². The van der Waals surface area contributed by atoms with Crippen LogP contribution in [0.3, 0.4) is 0 Å². The number of hydrogen-bond acceptors (Lipinski definition) is 6. The third-order valence-electron chi connectivity index (χ3n) is 5.15. The van der Waals surface area contributed by atoms with E-state index in [2.05, 4.69) is 4.99 Å². The van der Waals surface area contributed by atoms with Crippen LogP contribution in [-0.2, 0) is 4.79 Å². The first-order valence-electron chi connectivity index (χ1n) is 8.69. The van der Waals surface area contributed by atoms with Gasteiger partial charge in [-0.05, 0) is 24.5 Å². The molecule has 0 bridgehead atoms. The Hall–Kier alpha value is -2.44. The van der Waals surface area contributed by atoms with Gasteiger partial charge in [-0.15, -0.1) is 0 Å². The summed E-state index contributed by atoms with van der Waals surface area (Å²) in [6.07, 6.45) is 6.39. The fourth-order valence-electron chi connectivity index (χ4n) is 3.71. The summed E-state index contributed by atoms with van der Waals surface area (Å²) >= 11 is 0. The minimum Gasteiger partial charge on any atom is -0.504 e. The lowest BCUT2D eigenvalue weighted by Crippen LogP contribution is -2.47. The van der Waals surface area contributed by atoms with Crippen LogP contribution in [-0.4, -0.2) is 46.2 Å². The number of carbonyl (C=O) groups is 1. The Morgan fingerprint density at radius 2 is 2.00 bits per heavy atom. The zero-order valence-electron chi connectivity index (χ0n) is 14.4. The maximum Gasteiger partial charge on any atom is 0.260 e. The van der Waals surface area contributed by atoms with Crippen LogP contribution in [0.15, 0.2) is 23.2 Å². The second-order valence-electron chi connectivity index (χ2n) is 7.01. The number of amides is 1. The molecule has 1 heterocycles. The second kappa shape index (κ2) is 6.82. The molecule has 1 unspecified atom stereocenters. The molecule has 1 aliphatic heterocycles. The van der Waals surface area contributed by atoms with Gasteiger partial charge in [0, 0.05) is 13.1 Å². The number of guanidine groups is 1. The van der Waals surface area contributed by atoms with E-state index in [9.17, 15) is 15.0 Å². The Balaban J connectivity index is 1.79. The average molecular weight is 347 g/mol. The first kappa shape index (κ1) is 17.4. The van der Waals surface area contributed by atoms with Crippen molar-refractivity contribution in [3.8, 4) is 17.2 Å². The fourth-order valence-corrected chi connectivity index (χ4v) is 3.71. The number of rotatable bonds is 5. The predicted molar refractivity (Wildman–Crippen MR) is 93.6 cm³/mol. The van der Waals surface area contributed by atoms with E-state index in [4.69, 9.17) is 10.5 Å². The van der Waals surface area contributed by atoms with Gasteiger partial charge in [0.2, 0.25) is 0 Å². The number of aliphatic imine (C=N–C) groups is 1. The summed E-state index contributed by atoms with van der Waals surface area (Å²) in [4.78, 5) is 18.7. The van der Waals surface area contributed by atoms with Crippen molar-refractivity contribution in [1.82, 2.24) is 4.90 Å². The Labute approximate surface area is 147 Å². The molecule has 3 rings (SSSR count). The van der Waals surface area contributed by atoms with Gasteiger partial charge in [-0.3, -0.25) is 9.69 Å². The summed E-state index contributed by atoms with van der Waals surface area (Å²) < 4.78 is 5.76. The average Bonchev–Trinajstić information content (AvgIpc) is 2.81. The molecular weight excluding hydrogens is 322 g/mol. The number of nitrogens with zero attached hydrogens (tertiary/aromatic N) is 2. The third-order valence-corrected chi connectivity index (χ3v) is 5.15. The number of benzene rings is 1. The van der Waals surface area contributed by atoms with E-state index in [0.717, 1.165) is 12.8 Å². The monoisotopic (exact) mass is 347 g/mol. The number of phenolic OH excluding ortho intramolecular Hbond substituents is 2. The van der Waals surface area contributed by atoms with Gasteiger partial charge in [0.1, 0.15) is 12.4 Å². The topological polar surface area (TPSA) is 108 Å². The molecule has 0 radical (unpaired) electrons. The summed E-state index contributed by atoms with van der Waals surface area (Å²) in [7, 11) is 1.62. The van der Waals surface area contributed by atoms with Crippen molar-refractivity contribution in [3.63, 3.8) is 0 Å². The van der Waals surface area contributed by atoms with Crippen LogP contribution in [0.1, 0.15) is 38.5 Å². The van der Waals surface area contributed by atoms with Crippen LogP contribution >= 0.6 is 0 Å². The van der Waals surface area contributed by atoms with Crippen LogP contribution in [0.4, 0.5) is 0 Å². The summed E-state index contributed by atoms with van der Waals surface area (Å²) in [6.45, 7) is 0.0532. The Morgan fingerprint density at radius 3 is 2.60 bits per heavy atom. The van der Waals surface area contributed by atoms with Gasteiger partial charge in [-0.1, -0.05) is 32.1 Å². The Bertz CT molecular complexity index is 685. The van der Waals surface area contributed by atoms with E-state index < -0.39 is 5.54 Å². The molecule has 7 heteroatoms.